The number of nitrogens with zero attached hydrogens (tertiary/aromatic N) is 2. The molecule has 3 heterocycles. The lowest BCUT2D eigenvalue weighted by atomic mass is 9.90. The Morgan fingerprint density at radius 3 is 2.68 bits per heavy atom. The third-order valence-corrected chi connectivity index (χ3v) is 6.24. The standard InChI is InChI=1S/C23H20F3N3O4S/c1-13-19(21(31)32-2)20(16-7-3-4-8-17(16)23(24,25)26)29-14(12-34-22(29)28-13)10-18(30)27-11-15-6-5-9-33-15/h3-9,12,20H,10-11H2,1-2H3,(H,27,30). The second-order valence-electron chi connectivity index (χ2n) is 7.50. The van der Waals surface area contributed by atoms with E-state index in [1.165, 1.54) is 41.1 Å². The average Bonchev–Trinajstić information content (AvgIpc) is 3.46. The number of halogens is 3. The van der Waals surface area contributed by atoms with E-state index in [4.69, 9.17) is 9.15 Å². The maximum atomic E-state index is 13.9. The van der Waals surface area contributed by atoms with Crippen molar-refractivity contribution in [2.24, 2.45) is 4.99 Å². The van der Waals surface area contributed by atoms with E-state index in [-0.39, 0.29) is 35.7 Å². The van der Waals surface area contributed by atoms with Gasteiger partial charge in [0, 0.05) is 5.70 Å². The van der Waals surface area contributed by atoms with Gasteiger partial charge < -0.3 is 19.4 Å². The summed E-state index contributed by atoms with van der Waals surface area (Å²) in [6.45, 7) is 1.72. The van der Waals surface area contributed by atoms with E-state index >= 15 is 0 Å². The van der Waals surface area contributed by atoms with Gasteiger partial charge in [-0.25, -0.2) is 9.79 Å². The lowest BCUT2D eigenvalue weighted by Crippen LogP contribution is -2.38. The monoisotopic (exact) mass is 491 g/mol. The Bertz CT molecular complexity index is 1200. The number of ether oxygens (including phenoxy) is 1. The van der Waals surface area contributed by atoms with E-state index in [2.05, 4.69) is 10.3 Å². The van der Waals surface area contributed by atoms with Crippen LogP contribution >= 0.6 is 11.8 Å². The third-order valence-electron chi connectivity index (χ3n) is 5.35. The molecule has 0 saturated heterocycles. The molecule has 1 aromatic heterocycles. The number of alkyl halides is 3. The summed E-state index contributed by atoms with van der Waals surface area (Å²) in [5.74, 6) is -0.592. The first kappa shape index (κ1) is 23.7. The topological polar surface area (TPSA) is 84.1 Å². The van der Waals surface area contributed by atoms with Crippen LogP contribution in [0.25, 0.3) is 0 Å². The molecule has 0 radical (unpaired) electrons. The van der Waals surface area contributed by atoms with Crippen LogP contribution in [0.1, 0.15) is 36.3 Å². The predicted molar refractivity (Wildman–Crippen MR) is 119 cm³/mol. The van der Waals surface area contributed by atoms with Crippen molar-refractivity contribution < 1.29 is 31.9 Å². The lowest BCUT2D eigenvalue weighted by Gasteiger charge is -2.37. The minimum Gasteiger partial charge on any atom is -0.467 e. The van der Waals surface area contributed by atoms with Gasteiger partial charge in [0.1, 0.15) is 5.76 Å². The fourth-order valence-electron chi connectivity index (χ4n) is 3.85. The zero-order chi connectivity index (χ0) is 24.5. The van der Waals surface area contributed by atoms with Crippen LogP contribution in [-0.2, 0) is 27.0 Å². The molecule has 2 aliphatic rings. The zero-order valence-electron chi connectivity index (χ0n) is 18.2. The number of thioether (sulfide) groups is 1. The van der Waals surface area contributed by atoms with Crippen LogP contribution < -0.4 is 5.32 Å². The first-order valence-corrected chi connectivity index (χ1v) is 11.1. The van der Waals surface area contributed by atoms with E-state index in [0.717, 1.165) is 13.2 Å². The molecule has 2 aromatic rings. The highest BCUT2D eigenvalue weighted by Gasteiger charge is 2.45. The van der Waals surface area contributed by atoms with Crippen LogP contribution in [0.3, 0.4) is 0 Å². The van der Waals surface area contributed by atoms with Crippen LogP contribution in [0.2, 0.25) is 0 Å². The highest BCUT2D eigenvalue weighted by molar-refractivity contribution is 8.16. The minimum absolute atomic E-state index is 0.0210. The molecule has 11 heteroatoms. The van der Waals surface area contributed by atoms with Gasteiger partial charge in [-0.05, 0) is 36.1 Å². The molecule has 1 unspecified atom stereocenters. The number of hydrogen-bond acceptors (Lipinski definition) is 7. The summed E-state index contributed by atoms with van der Waals surface area (Å²) >= 11 is 1.18. The Kier molecular flexibility index (Phi) is 6.56. The molecule has 1 atom stereocenters. The van der Waals surface area contributed by atoms with Gasteiger partial charge in [-0.1, -0.05) is 30.0 Å². The maximum Gasteiger partial charge on any atom is 0.416 e. The highest BCUT2D eigenvalue weighted by Crippen LogP contribution is 2.47. The Hall–Kier alpha value is -3.47. The molecular weight excluding hydrogens is 471 g/mol. The molecular formula is C23H20F3N3O4S. The van der Waals surface area contributed by atoms with E-state index in [1.54, 1.807) is 24.5 Å². The van der Waals surface area contributed by atoms with Gasteiger partial charge in [0.2, 0.25) is 5.91 Å². The Balaban J connectivity index is 1.71. The Morgan fingerprint density at radius 2 is 2.00 bits per heavy atom. The van der Waals surface area contributed by atoms with Crippen LogP contribution in [0.5, 0.6) is 0 Å². The number of benzene rings is 1. The van der Waals surface area contributed by atoms with Crippen molar-refractivity contribution in [2.45, 2.75) is 32.1 Å². The first-order valence-electron chi connectivity index (χ1n) is 10.2. The zero-order valence-corrected chi connectivity index (χ0v) is 19.0. The van der Waals surface area contributed by atoms with Crippen molar-refractivity contribution in [2.75, 3.05) is 7.11 Å². The molecule has 1 aromatic carbocycles. The largest absolute Gasteiger partial charge is 0.467 e. The number of nitrogens with one attached hydrogen (secondary N) is 1. The van der Waals surface area contributed by atoms with Gasteiger partial charge in [0.15, 0.2) is 5.17 Å². The quantitative estimate of drug-likeness (QED) is 0.587. The summed E-state index contributed by atoms with van der Waals surface area (Å²) in [6.07, 6.45) is -3.30. The summed E-state index contributed by atoms with van der Waals surface area (Å²) in [6, 6.07) is 7.29. The number of allylic oxidation sites excluding steroid dienone is 1. The smallest absolute Gasteiger partial charge is 0.416 e. The van der Waals surface area contributed by atoms with E-state index < -0.39 is 23.8 Å². The minimum atomic E-state index is -4.66. The number of esters is 1. The second-order valence-corrected chi connectivity index (χ2v) is 8.34. The average molecular weight is 491 g/mol. The molecule has 2 aliphatic heterocycles. The van der Waals surface area contributed by atoms with Gasteiger partial charge in [-0.15, -0.1) is 0 Å². The SMILES string of the molecule is COC(=O)C1=C(C)N=C2SC=C(CC(=O)NCc3ccco3)N2C1c1ccccc1C(F)(F)F. The molecule has 178 valence electrons. The molecule has 1 N–H and O–H groups in total. The second kappa shape index (κ2) is 9.41. The number of aliphatic imine (C=N–C) groups is 1. The normalized spacial score (nSPS) is 17.8. The predicted octanol–water partition coefficient (Wildman–Crippen LogP) is 4.75. The fraction of sp³-hybridized carbons (Fsp3) is 0.261. The van der Waals surface area contributed by atoms with Crippen molar-refractivity contribution in [3.05, 3.63) is 81.9 Å². The number of methoxy groups -OCH3 is 1. The van der Waals surface area contributed by atoms with Crippen molar-refractivity contribution in [3.8, 4) is 0 Å². The van der Waals surface area contributed by atoms with E-state index in [0.29, 0.717) is 16.6 Å². The number of rotatable bonds is 6. The number of carbonyl (C=O) groups excluding carboxylic acids is 2. The number of amides is 1. The van der Waals surface area contributed by atoms with Crippen molar-refractivity contribution >= 4 is 28.8 Å². The molecule has 0 fully saturated rings. The van der Waals surface area contributed by atoms with Crippen LogP contribution in [0.4, 0.5) is 13.2 Å². The van der Waals surface area contributed by atoms with Gasteiger partial charge in [-0.3, -0.25) is 4.79 Å². The summed E-state index contributed by atoms with van der Waals surface area (Å²) < 4.78 is 51.9. The summed E-state index contributed by atoms with van der Waals surface area (Å²) in [5.41, 5.74) is -0.367. The lowest BCUT2D eigenvalue weighted by molar-refractivity contribution is -0.140. The van der Waals surface area contributed by atoms with Gasteiger partial charge >= 0.3 is 12.1 Å². The number of fused-ring (bicyclic) bond motifs is 1. The highest BCUT2D eigenvalue weighted by atomic mass is 32.2. The van der Waals surface area contributed by atoms with Crippen molar-refractivity contribution in [3.63, 3.8) is 0 Å². The van der Waals surface area contributed by atoms with Crippen molar-refractivity contribution in [1.82, 2.24) is 10.2 Å². The molecule has 0 saturated carbocycles. The molecule has 7 nitrogen and oxygen atoms in total. The molecule has 1 amide bonds. The van der Waals surface area contributed by atoms with Gasteiger partial charge in [-0.2, -0.15) is 13.2 Å². The number of furan rings is 1. The summed E-state index contributed by atoms with van der Waals surface area (Å²) in [5, 5.41) is 4.75. The fourth-order valence-corrected chi connectivity index (χ4v) is 4.82. The van der Waals surface area contributed by atoms with Crippen LogP contribution in [0.15, 0.2) is 74.4 Å². The number of hydrogen-bond donors (Lipinski definition) is 1. The summed E-state index contributed by atoms with van der Waals surface area (Å²) in [4.78, 5) is 31.2. The summed E-state index contributed by atoms with van der Waals surface area (Å²) in [7, 11) is 1.16. The number of carbonyl (C=O) groups is 2. The van der Waals surface area contributed by atoms with Gasteiger partial charge in [0.05, 0.1) is 49.2 Å². The third kappa shape index (κ3) is 4.60. The maximum absolute atomic E-state index is 13.9. The van der Waals surface area contributed by atoms with Crippen LogP contribution in [-0.4, -0.2) is 29.1 Å². The Labute approximate surface area is 197 Å². The number of amidine groups is 1. The van der Waals surface area contributed by atoms with Gasteiger partial charge in [0.25, 0.3) is 0 Å². The molecule has 0 bridgehead atoms. The molecule has 0 spiro atoms. The molecule has 0 aliphatic carbocycles. The van der Waals surface area contributed by atoms with Crippen LogP contribution in [0, 0.1) is 0 Å². The van der Waals surface area contributed by atoms with E-state index in [1.807, 2.05) is 0 Å². The molecule has 34 heavy (non-hydrogen) atoms. The first-order chi connectivity index (χ1) is 16.2. The Morgan fingerprint density at radius 1 is 1.24 bits per heavy atom. The molecule has 4 rings (SSSR count). The van der Waals surface area contributed by atoms with Crippen molar-refractivity contribution in [1.29, 1.82) is 0 Å². The van der Waals surface area contributed by atoms with E-state index in [9.17, 15) is 22.8 Å².